The highest BCUT2D eigenvalue weighted by Crippen LogP contribution is 2.24. The molecule has 0 fully saturated rings. The minimum absolute atomic E-state index is 0.00645. The van der Waals surface area contributed by atoms with Crippen LogP contribution in [0, 0.1) is 0 Å². The fourth-order valence-corrected chi connectivity index (χ4v) is 3.04. The van der Waals surface area contributed by atoms with Gasteiger partial charge < -0.3 is 5.11 Å². The van der Waals surface area contributed by atoms with Crippen LogP contribution in [-0.4, -0.2) is 16.1 Å². The van der Waals surface area contributed by atoms with Crippen molar-refractivity contribution in [2.45, 2.75) is 17.1 Å². The summed E-state index contributed by atoms with van der Waals surface area (Å²) in [6.07, 6.45) is 0.00645. The Morgan fingerprint density at radius 2 is 2.12 bits per heavy atom. The fraction of sp³-hybridized carbons (Fsp3) is 0.167. The van der Waals surface area contributed by atoms with Crippen LogP contribution in [0.2, 0.25) is 0 Å². The van der Waals surface area contributed by atoms with Gasteiger partial charge in [-0.3, -0.25) is 4.79 Å². The van der Waals surface area contributed by atoms with Crippen molar-refractivity contribution in [2.75, 3.05) is 0 Å². The Kier molecular flexibility index (Phi) is 4.17. The lowest BCUT2D eigenvalue weighted by molar-refractivity contribution is -0.136. The Morgan fingerprint density at radius 3 is 2.82 bits per heavy atom. The molecule has 1 N–H and O–H groups in total. The van der Waals surface area contributed by atoms with E-state index >= 15 is 0 Å². The van der Waals surface area contributed by atoms with Crippen LogP contribution < -0.4 is 0 Å². The number of hydrogen-bond acceptors (Lipinski definition) is 4. The molecule has 0 aliphatic heterocycles. The normalized spacial score (nSPS) is 10.4. The van der Waals surface area contributed by atoms with Gasteiger partial charge in [0.15, 0.2) is 0 Å². The zero-order valence-electron chi connectivity index (χ0n) is 9.00. The number of thiazole rings is 1. The van der Waals surface area contributed by atoms with Crippen molar-refractivity contribution in [3.05, 3.63) is 46.4 Å². The van der Waals surface area contributed by atoms with Gasteiger partial charge >= 0.3 is 5.97 Å². The van der Waals surface area contributed by atoms with E-state index in [1.165, 1.54) is 16.2 Å². The largest absolute Gasteiger partial charge is 0.481 e. The lowest BCUT2D eigenvalue weighted by Gasteiger charge is -1.97. The zero-order chi connectivity index (χ0) is 12.1. The highest BCUT2D eigenvalue weighted by atomic mass is 32.2. The maximum absolute atomic E-state index is 10.5. The summed E-state index contributed by atoms with van der Waals surface area (Å²) in [5, 5.41) is 11.4. The lowest BCUT2D eigenvalue weighted by atomic mass is 10.3. The minimum atomic E-state index is -0.836. The van der Waals surface area contributed by atoms with Crippen LogP contribution in [0.4, 0.5) is 0 Å². The zero-order valence-corrected chi connectivity index (χ0v) is 10.6. The van der Waals surface area contributed by atoms with Gasteiger partial charge in [0.25, 0.3) is 0 Å². The molecule has 17 heavy (non-hydrogen) atoms. The highest BCUT2D eigenvalue weighted by molar-refractivity contribution is 7.98. The topological polar surface area (TPSA) is 50.2 Å². The third-order valence-electron chi connectivity index (χ3n) is 2.04. The number of hydrogen-bond donors (Lipinski definition) is 1. The first-order chi connectivity index (χ1) is 8.24. The Morgan fingerprint density at radius 1 is 1.35 bits per heavy atom. The molecular formula is C12H11NO2S2. The number of nitrogens with zero attached hydrogens (tertiary/aromatic N) is 1. The summed E-state index contributed by atoms with van der Waals surface area (Å²) in [4.78, 5) is 16.0. The van der Waals surface area contributed by atoms with E-state index in [1.807, 2.05) is 23.6 Å². The van der Waals surface area contributed by atoms with E-state index < -0.39 is 5.97 Å². The van der Waals surface area contributed by atoms with Gasteiger partial charge in [0.2, 0.25) is 0 Å². The quantitative estimate of drug-likeness (QED) is 0.844. The van der Waals surface area contributed by atoms with Gasteiger partial charge in [-0.2, -0.15) is 0 Å². The number of carboxylic acids is 1. The fourth-order valence-electron chi connectivity index (χ4n) is 1.31. The molecule has 0 bridgehead atoms. The summed E-state index contributed by atoms with van der Waals surface area (Å²) >= 11 is 3.22. The molecule has 0 spiro atoms. The van der Waals surface area contributed by atoms with Crippen molar-refractivity contribution in [3.8, 4) is 0 Å². The Balaban J connectivity index is 1.91. The molecule has 0 unspecified atom stereocenters. The molecule has 0 saturated carbocycles. The summed E-state index contributed by atoms with van der Waals surface area (Å²) in [7, 11) is 0. The first-order valence-electron chi connectivity index (χ1n) is 5.07. The number of carboxylic acid groups (broad SMARTS) is 1. The van der Waals surface area contributed by atoms with Crippen molar-refractivity contribution >= 4 is 29.1 Å². The summed E-state index contributed by atoms with van der Waals surface area (Å²) in [5.41, 5.74) is 0.645. The second kappa shape index (κ2) is 5.84. The van der Waals surface area contributed by atoms with E-state index in [0.717, 1.165) is 10.8 Å². The maximum Gasteiger partial charge on any atom is 0.309 e. The molecule has 0 amide bonds. The second-order valence-corrected chi connectivity index (χ2v) is 5.40. The van der Waals surface area contributed by atoms with E-state index in [9.17, 15) is 4.79 Å². The summed E-state index contributed by atoms with van der Waals surface area (Å²) in [6, 6.07) is 10.1. The van der Waals surface area contributed by atoms with Gasteiger partial charge in [-0.15, -0.1) is 23.1 Å². The number of aliphatic carboxylic acids is 1. The Hall–Kier alpha value is -1.33. The van der Waals surface area contributed by atoms with Crippen molar-refractivity contribution < 1.29 is 9.90 Å². The van der Waals surface area contributed by atoms with Crippen LogP contribution in [0.5, 0.6) is 0 Å². The van der Waals surface area contributed by atoms with Gasteiger partial charge in [0, 0.05) is 10.3 Å². The van der Waals surface area contributed by atoms with Gasteiger partial charge in [0.05, 0.1) is 17.9 Å². The van der Waals surface area contributed by atoms with Crippen molar-refractivity contribution in [1.82, 2.24) is 4.98 Å². The van der Waals surface area contributed by atoms with Crippen molar-refractivity contribution in [1.29, 1.82) is 0 Å². The van der Waals surface area contributed by atoms with Crippen LogP contribution in [0.1, 0.15) is 10.7 Å². The second-order valence-electron chi connectivity index (χ2n) is 3.40. The minimum Gasteiger partial charge on any atom is -0.481 e. The third-order valence-corrected chi connectivity index (χ3v) is 4.14. The molecule has 1 heterocycles. The molecule has 5 heteroatoms. The molecule has 3 nitrogen and oxygen atoms in total. The molecule has 1 aromatic carbocycles. The molecule has 88 valence electrons. The molecule has 1 aromatic heterocycles. The molecule has 2 aromatic rings. The predicted octanol–water partition coefficient (Wildman–Crippen LogP) is 3.06. The van der Waals surface area contributed by atoms with Crippen LogP contribution in [0.25, 0.3) is 0 Å². The first kappa shape index (κ1) is 12.1. The maximum atomic E-state index is 10.5. The van der Waals surface area contributed by atoms with Gasteiger partial charge in [0.1, 0.15) is 5.01 Å². The van der Waals surface area contributed by atoms with E-state index in [0.29, 0.717) is 5.69 Å². The number of aromatic nitrogens is 1. The van der Waals surface area contributed by atoms with Gasteiger partial charge in [-0.05, 0) is 12.1 Å². The highest BCUT2D eigenvalue weighted by Gasteiger charge is 2.06. The van der Waals surface area contributed by atoms with Crippen LogP contribution in [-0.2, 0) is 17.0 Å². The molecule has 0 saturated heterocycles. The van der Waals surface area contributed by atoms with E-state index in [-0.39, 0.29) is 6.42 Å². The standard InChI is InChI=1S/C12H11NO2S2/c14-12(15)6-9-7-17-11(13-9)8-16-10-4-2-1-3-5-10/h1-5,7H,6,8H2,(H,14,15). The van der Waals surface area contributed by atoms with E-state index in [2.05, 4.69) is 17.1 Å². The molecule has 2 rings (SSSR count). The SMILES string of the molecule is O=C(O)Cc1csc(CSc2ccccc2)n1. The van der Waals surface area contributed by atoms with Gasteiger partial charge in [-0.25, -0.2) is 4.98 Å². The average Bonchev–Trinajstić information content (AvgIpc) is 2.75. The van der Waals surface area contributed by atoms with Crippen molar-refractivity contribution in [2.24, 2.45) is 0 Å². The monoisotopic (exact) mass is 265 g/mol. The number of rotatable bonds is 5. The number of thioether (sulfide) groups is 1. The molecule has 0 radical (unpaired) electrons. The molecule has 0 atom stereocenters. The summed E-state index contributed by atoms with van der Waals surface area (Å²) < 4.78 is 0. The van der Waals surface area contributed by atoms with Crippen LogP contribution >= 0.6 is 23.1 Å². The Bertz CT molecular complexity index is 496. The van der Waals surface area contributed by atoms with E-state index in [4.69, 9.17) is 5.11 Å². The van der Waals surface area contributed by atoms with Crippen molar-refractivity contribution in [3.63, 3.8) is 0 Å². The molecule has 0 aliphatic rings. The smallest absolute Gasteiger partial charge is 0.309 e. The Labute approximate surface area is 108 Å². The summed E-state index contributed by atoms with van der Waals surface area (Å²) in [5.74, 6) is -0.0496. The van der Waals surface area contributed by atoms with Gasteiger partial charge in [-0.1, -0.05) is 18.2 Å². The summed E-state index contributed by atoms with van der Waals surface area (Å²) in [6.45, 7) is 0. The lowest BCUT2D eigenvalue weighted by Crippen LogP contribution is -2.00. The van der Waals surface area contributed by atoms with Crippen LogP contribution in [0.3, 0.4) is 0 Å². The average molecular weight is 265 g/mol. The molecule has 0 aliphatic carbocycles. The number of carbonyl (C=O) groups is 1. The third kappa shape index (κ3) is 3.87. The molecular weight excluding hydrogens is 254 g/mol. The van der Waals surface area contributed by atoms with E-state index in [1.54, 1.807) is 11.8 Å². The first-order valence-corrected chi connectivity index (χ1v) is 6.93. The van der Waals surface area contributed by atoms with Crippen LogP contribution in [0.15, 0.2) is 40.6 Å². The number of benzene rings is 1. The predicted molar refractivity (Wildman–Crippen MR) is 69.5 cm³/mol.